The van der Waals surface area contributed by atoms with E-state index in [0.29, 0.717) is 5.82 Å². The van der Waals surface area contributed by atoms with Crippen molar-refractivity contribution in [3.63, 3.8) is 0 Å². The van der Waals surface area contributed by atoms with Crippen LogP contribution in [0.1, 0.15) is 11.3 Å². The predicted octanol–water partition coefficient (Wildman–Crippen LogP) is 2.68. The normalized spacial score (nSPS) is 10.2. The molecule has 94 valence electrons. The molecule has 0 aliphatic heterocycles. The minimum atomic E-state index is -0.274. The first-order valence-corrected chi connectivity index (χ1v) is 5.70. The van der Waals surface area contributed by atoms with Crippen molar-refractivity contribution in [2.24, 2.45) is 7.05 Å². The summed E-state index contributed by atoms with van der Waals surface area (Å²) in [5.41, 5.74) is 2.74. The number of aromatic nitrogens is 2. The molecule has 0 saturated heterocycles. The molecule has 0 radical (unpaired) electrons. The molecule has 0 fully saturated rings. The molecule has 0 saturated carbocycles. The van der Waals surface area contributed by atoms with E-state index in [9.17, 15) is 4.79 Å². The zero-order valence-electron chi connectivity index (χ0n) is 10.7. The molecule has 0 atom stereocenters. The van der Waals surface area contributed by atoms with Crippen LogP contribution in [0.15, 0.2) is 30.3 Å². The molecule has 0 unspecified atom stereocenters. The summed E-state index contributed by atoms with van der Waals surface area (Å²) in [6.07, 6.45) is 0. The van der Waals surface area contributed by atoms with Crippen LogP contribution in [0.2, 0.25) is 0 Å². The second-order valence-corrected chi connectivity index (χ2v) is 4.24. The van der Waals surface area contributed by atoms with E-state index in [0.717, 1.165) is 16.9 Å². The second-order valence-electron chi connectivity index (χ2n) is 4.24. The topological polar surface area (TPSA) is 59.0 Å². The minimum Gasteiger partial charge on any atom is -0.308 e. The van der Waals surface area contributed by atoms with Crippen LogP contribution in [0.3, 0.4) is 0 Å². The summed E-state index contributed by atoms with van der Waals surface area (Å²) >= 11 is 0. The van der Waals surface area contributed by atoms with Crippen LogP contribution < -0.4 is 10.6 Å². The zero-order valence-corrected chi connectivity index (χ0v) is 10.7. The highest BCUT2D eigenvalue weighted by atomic mass is 16.2. The second kappa shape index (κ2) is 4.91. The predicted molar refractivity (Wildman–Crippen MR) is 71.8 cm³/mol. The van der Waals surface area contributed by atoms with Crippen LogP contribution in [0, 0.1) is 13.8 Å². The molecular weight excluding hydrogens is 228 g/mol. The molecule has 5 heteroatoms. The third-order valence-electron chi connectivity index (χ3n) is 2.52. The fourth-order valence-corrected chi connectivity index (χ4v) is 1.73. The molecule has 18 heavy (non-hydrogen) atoms. The number of benzene rings is 1. The fourth-order valence-electron chi connectivity index (χ4n) is 1.73. The number of aryl methyl sites for hydroxylation is 3. The van der Waals surface area contributed by atoms with E-state index in [-0.39, 0.29) is 6.03 Å². The average Bonchev–Trinajstić information content (AvgIpc) is 2.57. The first-order valence-electron chi connectivity index (χ1n) is 5.70. The van der Waals surface area contributed by atoms with Gasteiger partial charge in [0.2, 0.25) is 0 Å². The van der Waals surface area contributed by atoms with Gasteiger partial charge in [0, 0.05) is 18.8 Å². The highest BCUT2D eigenvalue weighted by Gasteiger charge is 2.06. The maximum Gasteiger partial charge on any atom is 0.324 e. The fraction of sp³-hybridized carbons (Fsp3) is 0.231. The Hall–Kier alpha value is -2.30. The Morgan fingerprint density at radius 1 is 1.22 bits per heavy atom. The number of urea groups is 1. The van der Waals surface area contributed by atoms with Crippen LogP contribution in [0.25, 0.3) is 0 Å². The lowest BCUT2D eigenvalue weighted by Gasteiger charge is -2.07. The van der Waals surface area contributed by atoms with Crippen molar-refractivity contribution in [1.29, 1.82) is 0 Å². The van der Waals surface area contributed by atoms with Gasteiger partial charge in [-0.05, 0) is 31.5 Å². The number of amides is 2. The number of carbonyl (C=O) groups is 1. The summed E-state index contributed by atoms with van der Waals surface area (Å²) in [7, 11) is 1.79. The molecule has 2 aromatic rings. The summed E-state index contributed by atoms with van der Waals surface area (Å²) in [5, 5.41) is 9.69. The smallest absolute Gasteiger partial charge is 0.308 e. The number of hydrogen-bond acceptors (Lipinski definition) is 2. The van der Waals surface area contributed by atoms with Crippen molar-refractivity contribution in [2.75, 3.05) is 10.6 Å². The molecule has 2 amide bonds. The van der Waals surface area contributed by atoms with E-state index in [1.165, 1.54) is 0 Å². The molecule has 2 rings (SSSR count). The van der Waals surface area contributed by atoms with Crippen molar-refractivity contribution in [3.8, 4) is 0 Å². The highest BCUT2D eigenvalue weighted by molar-refractivity contribution is 5.99. The summed E-state index contributed by atoms with van der Waals surface area (Å²) in [6.45, 7) is 3.86. The number of anilines is 2. The van der Waals surface area contributed by atoms with Gasteiger partial charge in [0.05, 0.1) is 5.69 Å². The van der Waals surface area contributed by atoms with Crippen LogP contribution in [0.5, 0.6) is 0 Å². The number of nitrogens with zero attached hydrogens (tertiary/aromatic N) is 2. The van der Waals surface area contributed by atoms with Gasteiger partial charge in [0.25, 0.3) is 0 Å². The Bertz CT molecular complexity index is 574. The molecule has 1 aromatic heterocycles. The van der Waals surface area contributed by atoms with Crippen LogP contribution in [-0.2, 0) is 7.05 Å². The molecule has 0 aliphatic carbocycles. The van der Waals surface area contributed by atoms with Crippen LogP contribution in [0.4, 0.5) is 16.3 Å². The number of hydrogen-bond donors (Lipinski definition) is 2. The van der Waals surface area contributed by atoms with E-state index in [2.05, 4.69) is 15.7 Å². The summed E-state index contributed by atoms with van der Waals surface area (Å²) in [4.78, 5) is 11.8. The van der Waals surface area contributed by atoms with Crippen molar-refractivity contribution >= 4 is 17.5 Å². The Morgan fingerprint density at radius 3 is 2.61 bits per heavy atom. The zero-order chi connectivity index (χ0) is 13.1. The Morgan fingerprint density at radius 2 is 2.00 bits per heavy atom. The van der Waals surface area contributed by atoms with E-state index >= 15 is 0 Å². The van der Waals surface area contributed by atoms with Gasteiger partial charge >= 0.3 is 6.03 Å². The number of rotatable bonds is 2. The van der Waals surface area contributed by atoms with Crippen molar-refractivity contribution in [1.82, 2.24) is 9.78 Å². The molecule has 1 heterocycles. The van der Waals surface area contributed by atoms with E-state index in [1.807, 2.05) is 44.2 Å². The average molecular weight is 244 g/mol. The van der Waals surface area contributed by atoms with Gasteiger partial charge in [-0.1, -0.05) is 12.1 Å². The van der Waals surface area contributed by atoms with E-state index in [1.54, 1.807) is 11.7 Å². The third-order valence-corrected chi connectivity index (χ3v) is 2.52. The first-order chi connectivity index (χ1) is 8.54. The lowest BCUT2D eigenvalue weighted by atomic mass is 10.2. The van der Waals surface area contributed by atoms with E-state index in [4.69, 9.17) is 0 Å². The molecule has 0 aliphatic rings. The van der Waals surface area contributed by atoms with E-state index < -0.39 is 0 Å². The van der Waals surface area contributed by atoms with Gasteiger partial charge in [-0.25, -0.2) is 4.79 Å². The molecular formula is C13H16N4O. The minimum absolute atomic E-state index is 0.274. The quantitative estimate of drug-likeness (QED) is 0.853. The third kappa shape index (κ3) is 2.88. The van der Waals surface area contributed by atoms with Gasteiger partial charge in [-0.15, -0.1) is 0 Å². The van der Waals surface area contributed by atoms with Gasteiger partial charge in [-0.3, -0.25) is 10.00 Å². The highest BCUT2D eigenvalue weighted by Crippen LogP contribution is 2.11. The SMILES string of the molecule is Cc1cccc(NC(=O)Nc2cc(C)nn2C)c1. The number of nitrogens with one attached hydrogen (secondary N) is 2. The Balaban J connectivity index is 2.03. The van der Waals surface area contributed by atoms with Gasteiger partial charge in [0.1, 0.15) is 5.82 Å². The number of carbonyl (C=O) groups excluding carboxylic acids is 1. The maximum absolute atomic E-state index is 11.8. The molecule has 5 nitrogen and oxygen atoms in total. The van der Waals surface area contributed by atoms with Crippen molar-refractivity contribution in [3.05, 3.63) is 41.6 Å². The van der Waals surface area contributed by atoms with Crippen molar-refractivity contribution < 1.29 is 4.79 Å². The molecule has 0 bridgehead atoms. The summed E-state index contributed by atoms with van der Waals surface area (Å²) in [6, 6.07) is 9.18. The first kappa shape index (κ1) is 12.2. The lowest BCUT2D eigenvalue weighted by molar-refractivity contribution is 0.262. The Labute approximate surface area is 106 Å². The monoisotopic (exact) mass is 244 g/mol. The summed E-state index contributed by atoms with van der Waals surface area (Å²) < 4.78 is 1.63. The van der Waals surface area contributed by atoms with Gasteiger partial charge < -0.3 is 5.32 Å². The van der Waals surface area contributed by atoms with Gasteiger partial charge in [0.15, 0.2) is 0 Å². The lowest BCUT2D eigenvalue weighted by Crippen LogP contribution is -2.21. The molecule has 2 N–H and O–H groups in total. The van der Waals surface area contributed by atoms with Crippen molar-refractivity contribution in [2.45, 2.75) is 13.8 Å². The standard InChI is InChI=1S/C13H16N4O/c1-9-5-4-6-11(7-9)14-13(18)15-12-8-10(2)16-17(12)3/h4-8H,1-3H3,(H2,14,15,18). The summed E-state index contributed by atoms with van der Waals surface area (Å²) in [5.74, 6) is 0.664. The van der Waals surface area contributed by atoms with Crippen LogP contribution in [-0.4, -0.2) is 15.8 Å². The molecule has 0 spiro atoms. The largest absolute Gasteiger partial charge is 0.324 e. The van der Waals surface area contributed by atoms with Crippen LogP contribution >= 0.6 is 0 Å². The maximum atomic E-state index is 11.8. The Kier molecular flexibility index (Phi) is 3.32. The molecule has 1 aromatic carbocycles. The van der Waals surface area contributed by atoms with Gasteiger partial charge in [-0.2, -0.15) is 5.10 Å².